The summed E-state index contributed by atoms with van der Waals surface area (Å²) in [6, 6.07) is 0. The fourth-order valence-corrected chi connectivity index (χ4v) is 1.76. The average Bonchev–Trinajstić information content (AvgIpc) is 2.59. The van der Waals surface area contributed by atoms with E-state index in [1.54, 1.807) is 0 Å². The number of carbonyl (C=O) groups excluding carboxylic acids is 1. The molecule has 5 heteroatoms. The summed E-state index contributed by atoms with van der Waals surface area (Å²) in [7, 11) is 0. The highest BCUT2D eigenvalue weighted by atomic mass is 32.1. The molecule has 0 aromatic carbocycles. The van der Waals surface area contributed by atoms with Gasteiger partial charge in [0.1, 0.15) is 0 Å². The second-order valence-corrected chi connectivity index (χ2v) is 4.46. The van der Waals surface area contributed by atoms with E-state index < -0.39 is 0 Å². The van der Waals surface area contributed by atoms with Crippen molar-refractivity contribution in [2.75, 3.05) is 13.2 Å². The fourth-order valence-electron chi connectivity index (χ4n) is 1.62. The van der Waals surface area contributed by atoms with Gasteiger partial charge in [0.2, 0.25) is 5.91 Å². The predicted octanol–water partition coefficient (Wildman–Crippen LogP) is 0.594. The molecule has 1 rings (SSSR count). The van der Waals surface area contributed by atoms with Crippen LogP contribution in [0.25, 0.3) is 0 Å². The molecule has 1 aliphatic rings. The first kappa shape index (κ1) is 12.4. The second kappa shape index (κ2) is 6.02. The van der Waals surface area contributed by atoms with Crippen molar-refractivity contribution < 1.29 is 9.53 Å². The summed E-state index contributed by atoms with van der Waals surface area (Å²) in [5.74, 6) is 0.104. The molecule has 4 nitrogen and oxygen atoms in total. The van der Waals surface area contributed by atoms with Gasteiger partial charge in [0, 0.05) is 6.54 Å². The van der Waals surface area contributed by atoms with Gasteiger partial charge in [-0.2, -0.15) is 0 Å². The Morgan fingerprint density at radius 1 is 1.67 bits per heavy atom. The minimum absolute atomic E-state index is 0.0184. The SMILES string of the molecule is CC1CC(C(=O)NCCCC(N)=S)CO1. The van der Waals surface area contributed by atoms with Crippen molar-refractivity contribution in [3.8, 4) is 0 Å². The van der Waals surface area contributed by atoms with Crippen molar-refractivity contribution in [2.45, 2.75) is 32.3 Å². The molecule has 1 saturated heterocycles. The van der Waals surface area contributed by atoms with Crippen LogP contribution in [0.3, 0.4) is 0 Å². The van der Waals surface area contributed by atoms with Gasteiger partial charge in [-0.15, -0.1) is 0 Å². The van der Waals surface area contributed by atoms with Crippen molar-refractivity contribution in [1.82, 2.24) is 5.32 Å². The second-order valence-electron chi connectivity index (χ2n) is 3.94. The Hall–Kier alpha value is -0.680. The lowest BCUT2D eigenvalue weighted by Crippen LogP contribution is -2.32. The Labute approximate surface area is 95.5 Å². The van der Waals surface area contributed by atoms with E-state index in [0.717, 1.165) is 12.8 Å². The van der Waals surface area contributed by atoms with Gasteiger partial charge in [0.05, 0.1) is 23.6 Å². The third-order valence-electron chi connectivity index (χ3n) is 2.47. The van der Waals surface area contributed by atoms with Gasteiger partial charge in [0.25, 0.3) is 0 Å². The summed E-state index contributed by atoms with van der Waals surface area (Å²) in [5.41, 5.74) is 5.35. The number of rotatable bonds is 5. The summed E-state index contributed by atoms with van der Waals surface area (Å²) >= 11 is 4.74. The summed E-state index contributed by atoms with van der Waals surface area (Å²) in [5, 5.41) is 2.87. The zero-order valence-corrected chi connectivity index (χ0v) is 9.81. The molecular formula is C10H18N2O2S. The number of hydrogen-bond acceptors (Lipinski definition) is 3. The van der Waals surface area contributed by atoms with Gasteiger partial charge in [0.15, 0.2) is 0 Å². The third kappa shape index (κ3) is 4.57. The maximum Gasteiger partial charge on any atom is 0.225 e. The normalized spacial score (nSPS) is 25.1. The summed E-state index contributed by atoms with van der Waals surface area (Å²) < 4.78 is 5.33. The van der Waals surface area contributed by atoms with Gasteiger partial charge >= 0.3 is 0 Å². The van der Waals surface area contributed by atoms with Crippen LogP contribution in [-0.2, 0) is 9.53 Å². The first-order valence-corrected chi connectivity index (χ1v) is 5.68. The molecule has 1 amide bonds. The van der Waals surface area contributed by atoms with Crippen molar-refractivity contribution >= 4 is 23.1 Å². The number of carbonyl (C=O) groups is 1. The van der Waals surface area contributed by atoms with Crippen molar-refractivity contribution in [3.05, 3.63) is 0 Å². The van der Waals surface area contributed by atoms with E-state index in [1.165, 1.54) is 0 Å². The molecule has 86 valence electrons. The number of ether oxygens (including phenoxy) is 1. The van der Waals surface area contributed by atoms with Gasteiger partial charge in [-0.3, -0.25) is 4.79 Å². The van der Waals surface area contributed by atoms with Crippen LogP contribution in [0.5, 0.6) is 0 Å². The molecule has 2 unspecified atom stereocenters. The topological polar surface area (TPSA) is 64.4 Å². The largest absolute Gasteiger partial charge is 0.393 e. The number of amides is 1. The van der Waals surface area contributed by atoms with Gasteiger partial charge < -0.3 is 15.8 Å². The van der Waals surface area contributed by atoms with E-state index in [1.807, 2.05) is 6.92 Å². The molecule has 1 aliphatic heterocycles. The highest BCUT2D eigenvalue weighted by Gasteiger charge is 2.27. The van der Waals surface area contributed by atoms with Crippen LogP contribution < -0.4 is 11.1 Å². The van der Waals surface area contributed by atoms with Crippen LogP contribution in [0, 0.1) is 5.92 Å². The highest BCUT2D eigenvalue weighted by Crippen LogP contribution is 2.18. The maximum absolute atomic E-state index is 11.6. The summed E-state index contributed by atoms with van der Waals surface area (Å²) in [4.78, 5) is 12.1. The Morgan fingerprint density at radius 3 is 2.93 bits per heavy atom. The van der Waals surface area contributed by atoms with Crippen LogP contribution in [0.4, 0.5) is 0 Å². The molecule has 2 atom stereocenters. The van der Waals surface area contributed by atoms with Crippen LogP contribution in [0.15, 0.2) is 0 Å². The first-order valence-electron chi connectivity index (χ1n) is 5.27. The standard InChI is InChI=1S/C10H18N2O2S/c1-7-5-8(6-14-7)10(13)12-4-2-3-9(11)15/h7-8H,2-6H2,1H3,(H2,11,15)(H,12,13). The maximum atomic E-state index is 11.6. The molecule has 1 heterocycles. The minimum Gasteiger partial charge on any atom is -0.393 e. The minimum atomic E-state index is 0.0184. The fraction of sp³-hybridized carbons (Fsp3) is 0.800. The van der Waals surface area contributed by atoms with Gasteiger partial charge in [-0.05, 0) is 26.2 Å². The molecule has 0 aromatic heterocycles. The van der Waals surface area contributed by atoms with Crippen molar-refractivity contribution in [2.24, 2.45) is 11.7 Å². The number of nitrogens with one attached hydrogen (secondary N) is 1. The molecule has 0 spiro atoms. The van der Waals surface area contributed by atoms with Crippen molar-refractivity contribution in [3.63, 3.8) is 0 Å². The lowest BCUT2D eigenvalue weighted by atomic mass is 10.1. The highest BCUT2D eigenvalue weighted by molar-refractivity contribution is 7.80. The Kier molecular flexibility index (Phi) is 4.98. The van der Waals surface area contributed by atoms with Gasteiger partial charge in [-0.25, -0.2) is 0 Å². The molecule has 0 bridgehead atoms. The molecule has 0 radical (unpaired) electrons. The first-order chi connectivity index (χ1) is 7.09. The zero-order chi connectivity index (χ0) is 11.3. The molecule has 1 fully saturated rings. The van der Waals surface area contributed by atoms with E-state index in [9.17, 15) is 4.79 Å². The molecule has 0 saturated carbocycles. The Morgan fingerprint density at radius 2 is 2.40 bits per heavy atom. The lowest BCUT2D eigenvalue weighted by Gasteiger charge is -2.08. The third-order valence-corrected chi connectivity index (χ3v) is 2.67. The lowest BCUT2D eigenvalue weighted by molar-refractivity contribution is -0.124. The predicted molar refractivity (Wildman–Crippen MR) is 62.6 cm³/mol. The molecule has 0 aliphatic carbocycles. The molecule has 0 aromatic rings. The summed E-state index contributed by atoms with van der Waals surface area (Å²) in [6.07, 6.45) is 2.52. The van der Waals surface area contributed by atoms with Crippen LogP contribution in [-0.4, -0.2) is 30.2 Å². The quantitative estimate of drug-likeness (QED) is 0.536. The number of hydrogen-bond donors (Lipinski definition) is 2. The van der Waals surface area contributed by atoms with Crippen LogP contribution in [0.2, 0.25) is 0 Å². The average molecular weight is 230 g/mol. The van der Waals surface area contributed by atoms with E-state index in [4.69, 9.17) is 22.7 Å². The smallest absolute Gasteiger partial charge is 0.225 e. The zero-order valence-electron chi connectivity index (χ0n) is 8.99. The molecular weight excluding hydrogens is 212 g/mol. The summed E-state index contributed by atoms with van der Waals surface area (Å²) in [6.45, 7) is 3.17. The Bertz CT molecular complexity index is 246. The number of thiocarbonyl (C=S) groups is 1. The number of nitrogens with two attached hydrogens (primary N) is 1. The van der Waals surface area contributed by atoms with E-state index in [-0.39, 0.29) is 17.9 Å². The van der Waals surface area contributed by atoms with Crippen molar-refractivity contribution in [1.29, 1.82) is 0 Å². The van der Waals surface area contributed by atoms with E-state index in [2.05, 4.69) is 5.32 Å². The molecule has 3 N–H and O–H groups in total. The monoisotopic (exact) mass is 230 g/mol. The van der Waals surface area contributed by atoms with Crippen LogP contribution >= 0.6 is 12.2 Å². The molecule has 15 heavy (non-hydrogen) atoms. The van der Waals surface area contributed by atoms with Gasteiger partial charge in [-0.1, -0.05) is 12.2 Å². The Balaban J connectivity index is 2.11. The van der Waals surface area contributed by atoms with Crippen LogP contribution in [0.1, 0.15) is 26.2 Å². The van der Waals surface area contributed by atoms with E-state index >= 15 is 0 Å². The van der Waals surface area contributed by atoms with E-state index in [0.29, 0.717) is 24.6 Å².